The van der Waals surface area contributed by atoms with Crippen molar-refractivity contribution in [3.05, 3.63) is 274 Å². The van der Waals surface area contributed by atoms with Gasteiger partial charge in [-0.15, -0.1) is 0 Å². The van der Waals surface area contributed by atoms with Gasteiger partial charge >= 0.3 is 0 Å². The maximum atomic E-state index is 14.3. The van der Waals surface area contributed by atoms with Crippen LogP contribution in [0.1, 0.15) is 97.2 Å². The van der Waals surface area contributed by atoms with Crippen LogP contribution in [0.3, 0.4) is 0 Å². The van der Waals surface area contributed by atoms with E-state index in [2.05, 4.69) is 266 Å². The second-order valence-corrected chi connectivity index (χ2v) is 34.4. The molecule has 0 radical (unpaired) electrons. The molecule has 3 aliphatic rings. The van der Waals surface area contributed by atoms with Crippen molar-refractivity contribution < 1.29 is 8.78 Å². The van der Waals surface area contributed by atoms with Crippen molar-refractivity contribution in [3.63, 3.8) is 0 Å². The summed E-state index contributed by atoms with van der Waals surface area (Å²) < 4.78 is 28.5. The number of rotatable bonds is 12. The number of fused-ring (bicyclic) bond motifs is 9. The van der Waals surface area contributed by atoms with Crippen molar-refractivity contribution in [2.75, 3.05) is 9.80 Å². The average Bonchev–Trinajstić information content (AvgIpc) is 3.95. The zero-order valence-corrected chi connectivity index (χ0v) is 52.3. The molecule has 0 fully saturated rings. The van der Waals surface area contributed by atoms with E-state index in [1.165, 1.54) is 99.4 Å². The van der Waals surface area contributed by atoms with Gasteiger partial charge < -0.3 is 9.80 Å². The lowest BCUT2D eigenvalue weighted by Crippen LogP contribution is -2.37. The van der Waals surface area contributed by atoms with E-state index in [4.69, 9.17) is 0 Å². The van der Waals surface area contributed by atoms with Crippen LogP contribution in [0.5, 0.6) is 0 Å². The van der Waals surface area contributed by atoms with Gasteiger partial charge in [0.15, 0.2) is 0 Å². The van der Waals surface area contributed by atoms with Crippen molar-refractivity contribution in [3.8, 4) is 33.4 Å². The van der Waals surface area contributed by atoms with Crippen molar-refractivity contribution >= 4 is 85.7 Å². The first-order valence-corrected chi connectivity index (χ1v) is 36.1. The highest BCUT2D eigenvalue weighted by Gasteiger charge is 2.39. The molecular formula is C78H72F2N2Si2. The summed E-state index contributed by atoms with van der Waals surface area (Å²) in [4.78, 5) is 4.50. The van der Waals surface area contributed by atoms with Gasteiger partial charge in [0.25, 0.3) is 0 Å². The van der Waals surface area contributed by atoms with Crippen LogP contribution in [0.4, 0.5) is 42.9 Å². The maximum Gasteiger partial charge on any atom is 0.123 e. The van der Waals surface area contributed by atoms with Crippen molar-refractivity contribution in [1.29, 1.82) is 0 Å². The highest BCUT2D eigenvalue weighted by Crippen LogP contribution is 2.54. The van der Waals surface area contributed by atoms with E-state index in [9.17, 15) is 8.78 Å². The molecule has 0 N–H and O–H groups in total. The van der Waals surface area contributed by atoms with Gasteiger partial charge in [-0.1, -0.05) is 218 Å². The molecule has 0 atom stereocenters. The minimum absolute atomic E-state index is 0.183. The fourth-order valence-electron chi connectivity index (χ4n) is 13.5. The van der Waals surface area contributed by atoms with Crippen LogP contribution >= 0.6 is 0 Å². The average molecular weight is 1130 g/mol. The third kappa shape index (κ3) is 9.54. The number of benzene rings is 10. The zero-order valence-electron chi connectivity index (χ0n) is 50.2. The van der Waals surface area contributed by atoms with Crippen LogP contribution in [0.25, 0.3) is 57.7 Å². The van der Waals surface area contributed by atoms with Crippen LogP contribution < -0.4 is 20.2 Å². The Morgan fingerprint density at radius 2 is 0.571 bits per heavy atom. The van der Waals surface area contributed by atoms with Gasteiger partial charge in [-0.3, -0.25) is 0 Å². The number of nitrogens with zero attached hydrogens (tertiary/aromatic N) is 2. The molecule has 0 aliphatic heterocycles. The van der Waals surface area contributed by atoms with Crippen LogP contribution in [-0.4, -0.2) is 16.9 Å². The standard InChI is InChI=1S/C78H72F2N2Si2/c1-76(2)70-44-50(12-14-52-18-40-66-68-42-32-60(48-74(68)77(3,4)72(66)46-52)81(56-24-20-54(79)21-25-56)58-28-34-62(35-29-58)83(7)8)16-38-64(70)65-39-17-51(45-71(65)76)13-15-53-19-41-67-69-43-33-61(49-75(69)78(5,6)73(67)47-53)82(57-26-22-55(80)23-27-57)59-30-36-63(37-31-59)84(9,10)11/h12-49,83H,1-11H3/b14-12+,15-13+. The third-order valence-corrected chi connectivity index (χ3v) is 22.3. The molecule has 2 nitrogen and oxygen atoms in total. The molecule has 3 aliphatic carbocycles. The number of hydrogen-bond acceptors (Lipinski definition) is 2. The van der Waals surface area contributed by atoms with Gasteiger partial charge in [-0.05, 0) is 186 Å². The van der Waals surface area contributed by atoms with E-state index in [0.29, 0.717) is 0 Å². The van der Waals surface area contributed by atoms with Crippen LogP contribution in [-0.2, 0) is 16.2 Å². The molecule has 0 heterocycles. The highest BCUT2D eigenvalue weighted by molar-refractivity contribution is 6.88. The van der Waals surface area contributed by atoms with E-state index in [-0.39, 0.29) is 27.9 Å². The molecule has 10 aromatic rings. The molecule has 84 heavy (non-hydrogen) atoms. The summed E-state index contributed by atoms with van der Waals surface area (Å²) in [7, 11) is -2.46. The van der Waals surface area contributed by atoms with E-state index < -0.39 is 16.9 Å². The fourth-order valence-corrected chi connectivity index (χ4v) is 15.7. The summed E-state index contributed by atoms with van der Waals surface area (Å²) in [5.41, 5.74) is 25.7. The van der Waals surface area contributed by atoms with Crippen LogP contribution in [0.15, 0.2) is 206 Å². The largest absolute Gasteiger partial charge is 0.310 e. The van der Waals surface area contributed by atoms with Crippen LogP contribution in [0.2, 0.25) is 32.7 Å². The quantitative estimate of drug-likeness (QED) is 0.0889. The Morgan fingerprint density at radius 1 is 0.321 bits per heavy atom. The van der Waals surface area contributed by atoms with E-state index in [1.54, 1.807) is 24.3 Å². The SMILES string of the molecule is C[SiH](C)c1ccc(N(c2ccc(F)cc2)c2ccc3c(c2)C(C)(C)c2cc(/C=C/c4ccc5c(c4)C(C)(C)c4cc(/C=C/c6ccc7c(c6)C(C)(C)c6cc(N(c8ccc(F)cc8)c8ccc([Si](C)(C)C)cc8)ccc6-7)ccc4-5)ccc2-3)cc1. The van der Waals surface area contributed by atoms with Gasteiger partial charge in [-0.25, -0.2) is 8.78 Å². The Balaban J connectivity index is 0.726. The van der Waals surface area contributed by atoms with Crippen molar-refractivity contribution in [2.45, 2.75) is 90.5 Å². The summed E-state index contributed by atoms with van der Waals surface area (Å²) >= 11 is 0. The second kappa shape index (κ2) is 20.4. The molecular weight excluding hydrogens is 1060 g/mol. The number of hydrogen-bond donors (Lipinski definition) is 0. The summed E-state index contributed by atoms with van der Waals surface area (Å²) in [6, 6.07) is 73.0. The molecule has 0 aromatic heterocycles. The van der Waals surface area contributed by atoms with E-state index in [0.717, 1.165) is 34.1 Å². The van der Waals surface area contributed by atoms with Crippen molar-refractivity contribution in [1.82, 2.24) is 0 Å². The molecule has 0 unspecified atom stereocenters. The van der Waals surface area contributed by atoms with Gasteiger partial charge in [0.05, 0.1) is 16.9 Å². The van der Waals surface area contributed by atoms with E-state index >= 15 is 0 Å². The Bertz CT molecular complexity index is 4290. The molecule has 13 rings (SSSR count). The normalized spacial score (nSPS) is 14.8. The highest BCUT2D eigenvalue weighted by atomic mass is 28.3. The Labute approximate surface area is 498 Å². The number of anilines is 6. The van der Waals surface area contributed by atoms with E-state index in [1.807, 2.05) is 24.3 Å². The molecule has 0 saturated heterocycles. The predicted molar refractivity (Wildman–Crippen MR) is 361 cm³/mol. The van der Waals surface area contributed by atoms with Gasteiger partial charge in [0, 0.05) is 50.4 Å². The lowest BCUT2D eigenvalue weighted by Gasteiger charge is -2.28. The summed E-state index contributed by atoms with van der Waals surface area (Å²) in [6.45, 7) is 25.9. The fraction of sp³-hybridized carbons (Fsp3) is 0.179. The first kappa shape index (κ1) is 54.8. The third-order valence-electron chi connectivity index (χ3n) is 18.5. The van der Waals surface area contributed by atoms with Gasteiger partial charge in [-0.2, -0.15) is 0 Å². The molecule has 10 aromatic carbocycles. The van der Waals surface area contributed by atoms with Gasteiger partial charge in [0.1, 0.15) is 11.6 Å². The maximum absolute atomic E-state index is 14.3. The summed E-state index contributed by atoms with van der Waals surface area (Å²) in [5, 5.41) is 2.83. The number of halogens is 2. The van der Waals surface area contributed by atoms with Crippen molar-refractivity contribution in [2.24, 2.45) is 0 Å². The smallest absolute Gasteiger partial charge is 0.123 e. The van der Waals surface area contributed by atoms with Crippen LogP contribution in [0, 0.1) is 11.6 Å². The Hall–Kier alpha value is -8.43. The lowest BCUT2D eigenvalue weighted by molar-refractivity contribution is 0.627. The predicted octanol–water partition coefficient (Wildman–Crippen LogP) is 20.4. The molecule has 0 saturated carbocycles. The molecule has 0 spiro atoms. The Morgan fingerprint density at radius 3 is 0.857 bits per heavy atom. The van der Waals surface area contributed by atoms with Gasteiger partial charge in [0.2, 0.25) is 0 Å². The topological polar surface area (TPSA) is 6.48 Å². The first-order valence-electron chi connectivity index (χ1n) is 29.7. The first-order chi connectivity index (χ1) is 40.1. The zero-order chi connectivity index (χ0) is 58.6. The molecule has 6 heteroatoms. The minimum atomic E-state index is -1.50. The summed E-state index contributed by atoms with van der Waals surface area (Å²) in [5.74, 6) is -0.485. The molecule has 0 bridgehead atoms. The molecule has 416 valence electrons. The minimum Gasteiger partial charge on any atom is -0.310 e. The Kier molecular flexibility index (Phi) is 13.3. The molecule has 0 amide bonds. The lowest BCUT2D eigenvalue weighted by atomic mass is 9.81. The summed E-state index contributed by atoms with van der Waals surface area (Å²) in [6.07, 6.45) is 9.06. The second-order valence-electron chi connectivity index (χ2n) is 26.4. The monoisotopic (exact) mass is 1130 g/mol.